The molecule has 2 atom stereocenters. The molecule has 2 unspecified atom stereocenters. The van der Waals surface area contributed by atoms with Crippen LogP contribution in [0.2, 0.25) is 10.0 Å². The third-order valence-corrected chi connectivity index (χ3v) is 3.60. The molecule has 0 aliphatic rings. The third kappa shape index (κ3) is 3.22. The predicted octanol–water partition coefficient (Wildman–Crippen LogP) is 2.56. The molecule has 4 nitrogen and oxygen atoms in total. The Bertz CT molecular complexity index is 551. The van der Waals surface area contributed by atoms with Gasteiger partial charge in [-0.15, -0.1) is 0 Å². The number of aromatic nitrogens is 2. The van der Waals surface area contributed by atoms with Gasteiger partial charge in [-0.2, -0.15) is 0 Å². The van der Waals surface area contributed by atoms with Crippen molar-refractivity contribution in [3.63, 3.8) is 0 Å². The number of aliphatic hydroxyl groups excluding tert-OH is 1. The largest absolute Gasteiger partial charge is 0.384 e. The van der Waals surface area contributed by atoms with Gasteiger partial charge in [0.15, 0.2) is 5.82 Å². The van der Waals surface area contributed by atoms with Crippen molar-refractivity contribution in [2.45, 2.75) is 12.0 Å². The van der Waals surface area contributed by atoms with Crippen LogP contribution < -0.4 is 5.73 Å². The first-order chi connectivity index (χ1) is 9.13. The monoisotopic (exact) mass is 297 g/mol. The molecule has 0 amide bonds. The van der Waals surface area contributed by atoms with Crippen LogP contribution in [0.5, 0.6) is 0 Å². The molecule has 1 aromatic heterocycles. The maximum atomic E-state index is 10.3. The minimum Gasteiger partial charge on any atom is -0.384 e. The molecule has 0 bridgehead atoms. The van der Waals surface area contributed by atoms with Crippen molar-refractivity contribution < 1.29 is 5.11 Å². The Morgan fingerprint density at radius 2 is 1.84 bits per heavy atom. The molecule has 0 radical (unpaired) electrons. The van der Waals surface area contributed by atoms with Crippen molar-refractivity contribution in [1.29, 1.82) is 0 Å². The second-order valence-electron chi connectivity index (χ2n) is 4.07. The standard InChI is InChI=1S/C13H13Cl2N3O/c14-10-3-2-8(6-11(10)15)9(7-16)12(19)13-17-4-1-5-18-13/h1-6,9,12,19H,7,16H2. The zero-order valence-corrected chi connectivity index (χ0v) is 11.5. The SMILES string of the molecule is NCC(c1ccc(Cl)c(Cl)c1)C(O)c1ncccn1. The first-order valence-corrected chi connectivity index (χ1v) is 6.49. The fraction of sp³-hybridized carbons (Fsp3) is 0.231. The number of rotatable bonds is 4. The summed E-state index contributed by atoms with van der Waals surface area (Å²) in [6.07, 6.45) is 2.27. The highest BCUT2D eigenvalue weighted by Gasteiger charge is 2.24. The van der Waals surface area contributed by atoms with E-state index in [1.165, 1.54) is 0 Å². The molecular formula is C13H13Cl2N3O. The van der Waals surface area contributed by atoms with Crippen molar-refractivity contribution in [2.24, 2.45) is 5.73 Å². The zero-order valence-electron chi connectivity index (χ0n) is 10.0. The van der Waals surface area contributed by atoms with E-state index in [9.17, 15) is 5.11 Å². The van der Waals surface area contributed by atoms with Crippen LogP contribution >= 0.6 is 23.2 Å². The first-order valence-electron chi connectivity index (χ1n) is 5.73. The first kappa shape index (κ1) is 14.2. The van der Waals surface area contributed by atoms with E-state index in [-0.39, 0.29) is 12.5 Å². The molecule has 3 N–H and O–H groups in total. The second-order valence-corrected chi connectivity index (χ2v) is 4.88. The number of hydrogen-bond acceptors (Lipinski definition) is 4. The van der Waals surface area contributed by atoms with Crippen molar-refractivity contribution in [1.82, 2.24) is 9.97 Å². The molecule has 100 valence electrons. The zero-order chi connectivity index (χ0) is 13.8. The summed E-state index contributed by atoms with van der Waals surface area (Å²) < 4.78 is 0. The van der Waals surface area contributed by atoms with Crippen LogP contribution in [0.3, 0.4) is 0 Å². The summed E-state index contributed by atoms with van der Waals surface area (Å²) in [5, 5.41) is 11.2. The topological polar surface area (TPSA) is 72.0 Å². The van der Waals surface area contributed by atoms with Gasteiger partial charge in [-0.3, -0.25) is 0 Å². The maximum absolute atomic E-state index is 10.3. The summed E-state index contributed by atoms with van der Waals surface area (Å²) in [6.45, 7) is 0.247. The summed E-state index contributed by atoms with van der Waals surface area (Å²) in [4.78, 5) is 8.07. The van der Waals surface area contributed by atoms with Crippen LogP contribution in [0.1, 0.15) is 23.4 Å². The van der Waals surface area contributed by atoms with Gasteiger partial charge in [-0.05, 0) is 23.8 Å². The van der Waals surface area contributed by atoms with Gasteiger partial charge in [-0.25, -0.2) is 9.97 Å². The molecule has 19 heavy (non-hydrogen) atoms. The van der Waals surface area contributed by atoms with E-state index in [0.29, 0.717) is 15.9 Å². The average Bonchev–Trinajstić information content (AvgIpc) is 2.44. The number of nitrogens with zero attached hydrogens (tertiary/aromatic N) is 2. The van der Waals surface area contributed by atoms with Crippen LogP contribution in [0.4, 0.5) is 0 Å². The van der Waals surface area contributed by atoms with Crippen molar-refractivity contribution in [3.8, 4) is 0 Å². The van der Waals surface area contributed by atoms with E-state index in [0.717, 1.165) is 5.56 Å². The van der Waals surface area contributed by atoms with Crippen LogP contribution in [0.25, 0.3) is 0 Å². The highest BCUT2D eigenvalue weighted by molar-refractivity contribution is 6.42. The molecule has 2 aromatic rings. The third-order valence-electron chi connectivity index (χ3n) is 2.86. The Morgan fingerprint density at radius 3 is 2.42 bits per heavy atom. The quantitative estimate of drug-likeness (QED) is 0.910. The molecule has 1 aromatic carbocycles. The van der Waals surface area contributed by atoms with E-state index >= 15 is 0 Å². The van der Waals surface area contributed by atoms with E-state index in [1.807, 2.05) is 0 Å². The normalized spacial score (nSPS) is 14.1. The number of hydrogen-bond donors (Lipinski definition) is 2. The molecule has 2 rings (SSSR count). The summed E-state index contributed by atoms with van der Waals surface area (Å²) in [5.74, 6) is 0.00110. The number of benzene rings is 1. The van der Waals surface area contributed by atoms with Gasteiger partial charge in [0.25, 0.3) is 0 Å². The van der Waals surface area contributed by atoms with Crippen LogP contribution in [-0.4, -0.2) is 21.6 Å². The maximum Gasteiger partial charge on any atom is 0.157 e. The van der Waals surface area contributed by atoms with E-state index in [4.69, 9.17) is 28.9 Å². The lowest BCUT2D eigenvalue weighted by Gasteiger charge is -2.21. The number of halogens is 2. The molecular weight excluding hydrogens is 285 g/mol. The van der Waals surface area contributed by atoms with Crippen molar-refractivity contribution in [3.05, 3.63) is 58.1 Å². The Kier molecular flexibility index (Phi) is 4.71. The van der Waals surface area contributed by atoms with Gasteiger partial charge in [0.05, 0.1) is 10.0 Å². The Labute approximate surface area is 121 Å². The number of nitrogens with two attached hydrogens (primary N) is 1. The Hall–Kier alpha value is -1.20. The molecule has 0 aliphatic heterocycles. The summed E-state index contributed by atoms with van der Waals surface area (Å²) in [5.41, 5.74) is 6.54. The predicted molar refractivity (Wildman–Crippen MR) is 75.2 cm³/mol. The summed E-state index contributed by atoms with van der Waals surface area (Å²) in [6, 6.07) is 6.86. The van der Waals surface area contributed by atoms with Gasteiger partial charge in [-0.1, -0.05) is 29.3 Å². The molecule has 0 saturated heterocycles. The van der Waals surface area contributed by atoms with Gasteiger partial charge in [0.1, 0.15) is 6.10 Å². The highest BCUT2D eigenvalue weighted by Crippen LogP contribution is 2.32. The highest BCUT2D eigenvalue weighted by atomic mass is 35.5. The lowest BCUT2D eigenvalue weighted by molar-refractivity contribution is 0.138. The van der Waals surface area contributed by atoms with Crippen LogP contribution in [-0.2, 0) is 0 Å². The lowest BCUT2D eigenvalue weighted by atomic mass is 9.93. The molecule has 0 fully saturated rings. The average molecular weight is 298 g/mol. The second kappa shape index (κ2) is 6.30. The summed E-state index contributed by atoms with van der Waals surface area (Å²) >= 11 is 11.9. The minimum absolute atomic E-state index is 0.247. The van der Waals surface area contributed by atoms with Crippen LogP contribution in [0, 0.1) is 0 Å². The lowest BCUT2D eigenvalue weighted by Crippen LogP contribution is -2.21. The van der Waals surface area contributed by atoms with Gasteiger partial charge in [0.2, 0.25) is 0 Å². The van der Waals surface area contributed by atoms with E-state index < -0.39 is 6.10 Å². The van der Waals surface area contributed by atoms with Gasteiger partial charge in [0, 0.05) is 24.9 Å². The van der Waals surface area contributed by atoms with E-state index in [1.54, 1.807) is 36.7 Å². The molecule has 1 heterocycles. The fourth-order valence-electron chi connectivity index (χ4n) is 1.83. The Balaban J connectivity index is 2.31. The number of aliphatic hydroxyl groups is 1. The Morgan fingerprint density at radius 1 is 1.16 bits per heavy atom. The molecule has 0 spiro atoms. The minimum atomic E-state index is -0.886. The molecule has 0 aliphatic carbocycles. The van der Waals surface area contributed by atoms with Gasteiger partial charge >= 0.3 is 0 Å². The van der Waals surface area contributed by atoms with E-state index in [2.05, 4.69) is 9.97 Å². The molecule has 0 saturated carbocycles. The summed E-state index contributed by atoms with van der Waals surface area (Å²) in [7, 11) is 0. The smallest absolute Gasteiger partial charge is 0.157 e. The van der Waals surface area contributed by atoms with Crippen molar-refractivity contribution in [2.75, 3.05) is 6.54 Å². The van der Waals surface area contributed by atoms with Crippen molar-refractivity contribution >= 4 is 23.2 Å². The molecule has 6 heteroatoms. The van der Waals surface area contributed by atoms with Gasteiger partial charge < -0.3 is 10.8 Å². The fourth-order valence-corrected chi connectivity index (χ4v) is 2.14. The van der Waals surface area contributed by atoms with Crippen LogP contribution in [0.15, 0.2) is 36.7 Å².